The van der Waals surface area contributed by atoms with Crippen molar-refractivity contribution < 1.29 is 4.74 Å². The van der Waals surface area contributed by atoms with Gasteiger partial charge in [0, 0.05) is 19.3 Å². The van der Waals surface area contributed by atoms with Crippen molar-refractivity contribution in [3.05, 3.63) is 78.0 Å². The van der Waals surface area contributed by atoms with Crippen LogP contribution in [0.1, 0.15) is 11.1 Å². The molecule has 0 bridgehead atoms. The van der Waals surface area contributed by atoms with Crippen molar-refractivity contribution in [2.24, 2.45) is 0 Å². The van der Waals surface area contributed by atoms with Gasteiger partial charge in [-0.3, -0.25) is 0 Å². The number of ether oxygens (including phenoxy) is 1. The van der Waals surface area contributed by atoms with Gasteiger partial charge in [-0.1, -0.05) is 42.5 Å². The van der Waals surface area contributed by atoms with Crippen molar-refractivity contribution in [2.75, 3.05) is 24.3 Å². The Morgan fingerprint density at radius 2 is 1.68 bits per heavy atom. The number of anilines is 2. The minimum absolute atomic E-state index is 0.635. The molecule has 0 spiro atoms. The highest BCUT2D eigenvalue weighted by Crippen LogP contribution is 2.13. The summed E-state index contributed by atoms with van der Waals surface area (Å²) in [4.78, 5) is 8.76. The monoisotopic (exact) mass is 334 g/mol. The summed E-state index contributed by atoms with van der Waals surface area (Å²) in [6.07, 6.45) is 2.70. The van der Waals surface area contributed by atoms with E-state index in [4.69, 9.17) is 4.74 Å². The van der Waals surface area contributed by atoms with Gasteiger partial charge in [0.05, 0.1) is 7.11 Å². The second-order valence-electron chi connectivity index (χ2n) is 5.63. The second-order valence-corrected chi connectivity index (χ2v) is 5.63. The van der Waals surface area contributed by atoms with Gasteiger partial charge in [-0.25, -0.2) is 4.98 Å². The molecule has 0 unspecified atom stereocenters. The zero-order valence-electron chi connectivity index (χ0n) is 14.3. The maximum absolute atomic E-state index is 5.17. The Kier molecular flexibility index (Phi) is 5.82. The molecule has 0 aliphatic rings. The van der Waals surface area contributed by atoms with Crippen molar-refractivity contribution in [2.45, 2.75) is 13.0 Å². The maximum atomic E-state index is 5.17. The topological polar surface area (TPSA) is 59.1 Å². The van der Waals surface area contributed by atoms with E-state index < -0.39 is 0 Å². The predicted molar refractivity (Wildman–Crippen MR) is 101 cm³/mol. The quantitative estimate of drug-likeness (QED) is 0.657. The summed E-state index contributed by atoms with van der Waals surface area (Å²) in [7, 11) is 1.67. The van der Waals surface area contributed by atoms with E-state index in [0.29, 0.717) is 12.5 Å². The number of hydrogen-bond acceptors (Lipinski definition) is 5. The van der Waals surface area contributed by atoms with Gasteiger partial charge < -0.3 is 15.4 Å². The smallest absolute Gasteiger partial charge is 0.224 e. The van der Waals surface area contributed by atoms with Gasteiger partial charge in [-0.15, -0.1) is 0 Å². The van der Waals surface area contributed by atoms with Crippen molar-refractivity contribution in [3.63, 3.8) is 0 Å². The number of methoxy groups -OCH3 is 1. The van der Waals surface area contributed by atoms with E-state index >= 15 is 0 Å². The molecular weight excluding hydrogens is 312 g/mol. The molecule has 1 heterocycles. The number of nitrogens with zero attached hydrogens (tertiary/aromatic N) is 2. The third-order valence-corrected chi connectivity index (χ3v) is 3.83. The highest BCUT2D eigenvalue weighted by atomic mass is 16.5. The summed E-state index contributed by atoms with van der Waals surface area (Å²) in [6, 6.07) is 20.2. The Hall–Kier alpha value is -3.08. The summed E-state index contributed by atoms with van der Waals surface area (Å²) in [6.45, 7) is 1.50. The van der Waals surface area contributed by atoms with Gasteiger partial charge in [0.25, 0.3) is 0 Å². The van der Waals surface area contributed by atoms with E-state index in [2.05, 4.69) is 44.9 Å². The van der Waals surface area contributed by atoms with Crippen LogP contribution in [0.25, 0.3) is 0 Å². The Labute approximate surface area is 148 Å². The largest absolute Gasteiger partial charge is 0.497 e. The molecule has 1 aromatic heterocycles. The minimum Gasteiger partial charge on any atom is -0.497 e. The molecule has 5 heteroatoms. The van der Waals surface area contributed by atoms with Crippen LogP contribution < -0.4 is 15.4 Å². The molecule has 3 aromatic rings. The van der Waals surface area contributed by atoms with Gasteiger partial charge in [-0.05, 0) is 35.7 Å². The van der Waals surface area contributed by atoms with Gasteiger partial charge in [0.2, 0.25) is 5.95 Å². The fraction of sp³-hybridized carbons (Fsp3) is 0.200. The molecule has 0 atom stereocenters. The second kappa shape index (κ2) is 8.68. The Morgan fingerprint density at radius 1 is 0.880 bits per heavy atom. The highest BCUT2D eigenvalue weighted by molar-refractivity contribution is 5.40. The number of nitrogens with one attached hydrogen (secondary N) is 2. The van der Waals surface area contributed by atoms with E-state index in [1.165, 1.54) is 5.56 Å². The van der Waals surface area contributed by atoms with Gasteiger partial charge in [0.1, 0.15) is 11.6 Å². The number of aromatic nitrogens is 2. The van der Waals surface area contributed by atoms with Gasteiger partial charge >= 0.3 is 0 Å². The highest BCUT2D eigenvalue weighted by Gasteiger charge is 2.00. The van der Waals surface area contributed by atoms with Crippen LogP contribution in [0.5, 0.6) is 5.75 Å². The lowest BCUT2D eigenvalue weighted by Crippen LogP contribution is -2.09. The van der Waals surface area contributed by atoms with E-state index in [1.54, 1.807) is 13.3 Å². The third kappa shape index (κ3) is 5.21. The first-order valence-corrected chi connectivity index (χ1v) is 8.31. The molecule has 2 N–H and O–H groups in total. The lowest BCUT2D eigenvalue weighted by molar-refractivity contribution is 0.414. The van der Waals surface area contributed by atoms with Crippen LogP contribution in [-0.4, -0.2) is 23.6 Å². The SMILES string of the molecule is COc1ccc(CNc2ccnc(NCCc3ccccc3)n2)cc1. The Bertz CT molecular complexity index is 775. The normalized spacial score (nSPS) is 10.3. The number of rotatable bonds is 8. The molecule has 0 fully saturated rings. The van der Waals surface area contributed by atoms with Gasteiger partial charge in [0.15, 0.2) is 0 Å². The zero-order valence-corrected chi connectivity index (χ0v) is 14.3. The number of hydrogen-bond donors (Lipinski definition) is 2. The molecule has 5 nitrogen and oxygen atoms in total. The van der Waals surface area contributed by atoms with E-state index in [0.717, 1.165) is 30.1 Å². The summed E-state index contributed by atoms with van der Waals surface area (Å²) in [5.74, 6) is 2.29. The van der Waals surface area contributed by atoms with Crippen LogP contribution in [0.3, 0.4) is 0 Å². The average Bonchev–Trinajstić information content (AvgIpc) is 2.68. The first-order valence-electron chi connectivity index (χ1n) is 8.31. The first-order chi connectivity index (χ1) is 12.3. The number of benzene rings is 2. The Morgan fingerprint density at radius 3 is 2.44 bits per heavy atom. The molecule has 0 radical (unpaired) electrons. The summed E-state index contributed by atoms with van der Waals surface area (Å²) >= 11 is 0. The van der Waals surface area contributed by atoms with Crippen LogP contribution in [0.4, 0.5) is 11.8 Å². The molecule has 0 aliphatic carbocycles. The molecular formula is C20H22N4O. The first kappa shape index (κ1) is 16.8. The third-order valence-electron chi connectivity index (χ3n) is 3.83. The van der Waals surface area contributed by atoms with E-state index in [9.17, 15) is 0 Å². The summed E-state index contributed by atoms with van der Waals surface area (Å²) in [5, 5.41) is 6.58. The van der Waals surface area contributed by atoms with Crippen molar-refractivity contribution in [1.29, 1.82) is 0 Å². The van der Waals surface area contributed by atoms with E-state index in [-0.39, 0.29) is 0 Å². The summed E-state index contributed by atoms with van der Waals surface area (Å²) < 4.78 is 5.17. The molecule has 0 aliphatic heterocycles. The fourth-order valence-corrected chi connectivity index (χ4v) is 2.44. The molecule has 25 heavy (non-hydrogen) atoms. The maximum Gasteiger partial charge on any atom is 0.224 e. The van der Waals surface area contributed by atoms with Crippen LogP contribution in [0.15, 0.2) is 66.9 Å². The molecule has 0 saturated heterocycles. The van der Waals surface area contributed by atoms with Crippen LogP contribution >= 0.6 is 0 Å². The fourth-order valence-electron chi connectivity index (χ4n) is 2.44. The Balaban J connectivity index is 1.50. The molecule has 0 saturated carbocycles. The minimum atomic E-state index is 0.635. The molecule has 128 valence electrons. The van der Waals surface area contributed by atoms with Crippen molar-refractivity contribution in [3.8, 4) is 5.75 Å². The summed E-state index contributed by atoms with van der Waals surface area (Å²) in [5.41, 5.74) is 2.46. The van der Waals surface area contributed by atoms with Gasteiger partial charge in [-0.2, -0.15) is 4.98 Å². The van der Waals surface area contributed by atoms with Crippen molar-refractivity contribution >= 4 is 11.8 Å². The van der Waals surface area contributed by atoms with Crippen LogP contribution in [-0.2, 0) is 13.0 Å². The average molecular weight is 334 g/mol. The van der Waals surface area contributed by atoms with E-state index in [1.807, 2.05) is 36.4 Å². The molecule has 2 aromatic carbocycles. The lowest BCUT2D eigenvalue weighted by atomic mass is 10.1. The zero-order chi connectivity index (χ0) is 17.3. The standard InChI is InChI=1S/C20H22N4O/c1-25-18-9-7-17(8-10-18)15-23-19-12-14-22-20(24-19)21-13-11-16-5-3-2-4-6-16/h2-10,12,14H,11,13,15H2,1H3,(H2,21,22,23,24). The lowest BCUT2D eigenvalue weighted by Gasteiger charge is -2.09. The predicted octanol–water partition coefficient (Wildman–Crippen LogP) is 3.75. The molecule has 3 rings (SSSR count). The van der Waals surface area contributed by atoms with Crippen LogP contribution in [0, 0.1) is 0 Å². The van der Waals surface area contributed by atoms with Crippen LogP contribution in [0.2, 0.25) is 0 Å². The van der Waals surface area contributed by atoms with Crippen molar-refractivity contribution in [1.82, 2.24) is 9.97 Å². The molecule has 0 amide bonds.